The second-order valence-corrected chi connectivity index (χ2v) is 8.18. The van der Waals surface area contributed by atoms with Gasteiger partial charge < -0.3 is 20.1 Å². The van der Waals surface area contributed by atoms with Gasteiger partial charge >= 0.3 is 0 Å². The van der Waals surface area contributed by atoms with Crippen LogP contribution in [0, 0.1) is 5.92 Å². The summed E-state index contributed by atoms with van der Waals surface area (Å²) >= 11 is 1.46. The van der Waals surface area contributed by atoms with Crippen LogP contribution < -0.4 is 15.0 Å². The van der Waals surface area contributed by atoms with Crippen LogP contribution in [0.1, 0.15) is 13.8 Å². The molecule has 1 aromatic carbocycles. The highest BCUT2D eigenvalue weighted by Gasteiger charge is 2.23. The molecule has 1 saturated heterocycles. The zero-order valence-electron chi connectivity index (χ0n) is 16.7. The highest BCUT2D eigenvalue weighted by atomic mass is 32.1. The van der Waals surface area contributed by atoms with Crippen LogP contribution >= 0.6 is 11.3 Å². The van der Waals surface area contributed by atoms with Crippen molar-refractivity contribution in [2.45, 2.75) is 19.9 Å². The van der Waals surface area contributed by atoms with Gasteiger partial charge in [0.25, 0.3) is 0 Å². The average molecular weight is 413 g/mol. The minimum absolute atomic E-state index is 0.113. The Morgan fingerprint density at radius 2 is 2.17 bits per heavy atom. The van der Waals surface area contributed by atoms with Gasteiger partial charge in [0.2, 0.25) is 11.8 Å². The van der Waals surface area contributed by atoms with Gasteiger partial charge in [-0.05, 0) is 18.1 Å². The lowest BCUT2D eigenvalue weighted by molar-refractivity contribution is 0.365. The first-order valence-corrected chi connectivity index (χ1v) is 10.4. The molecule has 0 unspecified atom stereocenters. The first-order chi connectivity index (χ1) is 14.0. The summed E-state index contributed by atoms with van der Waals surface area (Å²) in [5.41, 5.74) is 1.94. The van der Waals surface area contributed by atoms with Crippen LogP contribution in [-0.2, 0) is 0 Å². The molecule has 152 valence electrons. The Balaban J connectivity index is 1.53. The van der Waals surface area contributed by atoms with E-state index in [1.807, 2.05) is 17.5 Å². The Hall–Kier alpha value is -2.78. The summed E-state index contributed by atoms with van der Waals surface area (Å²) < 4.78 is 5.12. The molecule has 9 heteroatoms. The quantitative estimate of drug-likeness (QED) is 0.660. The fraction of sp³-hybridized carbons (Fsp3) is 0.400. The Labute approximate surface area is 173 Å². The van der Waals surface area contributed by atoms with E-state index >= 15 is 0 Å². The maximum atomic E-state index is 10.5. The summed E-state index contributed by atoms with van der Waals surface area (Å²) in [6.45, 7) is 7.02. The Morgan fingerprint density at radius 3 is 2.83 bits per heavy atom. The zero-order valence-corrected chi connectivity index (χ0v) is 17.5. The van der Waals surface area contributed by atoms with Crippen molar-refractivity contribution in [3.8, 4) is 33.5 Å². The number of phenolic OH excluding ortho intramolecular Hbond substituents is 1. The molecule has 1 atom stereocenters. The summed E-state index contributed by atoms with van der Waals surface area (Å²) in [6.07, 6.45) is 1.66. The summed E-state index contributed by atoms with van der Waals surface area (Å²) in [7, 11) is 1.58. The van der Waals surface area contributed by atoms with Crippen LogP contribution in [0.15, 0.2) is 29.8 Å². The van der Waals surface area contributed by atoms with Crippen molar-refractivity contribution in [1.82, 2.24) is 25.5 Å². The van der Waals surface area contributed by atoms with Gasteiger partial charge in [-0.15, -0.1) is 21.5 Å². The molecular weight excluding hydrogens is 388 g/mol. The largest absolute Gasteiger partial charge is 0.507 e. The number of aromatic hydroxyl groups is 1. The molecule has 1 aliphatic heterocycles. The Morgan fingerprint density at radius 1 is 1.31 bits per heavy atom. The molecule has 2 N–H and O–H groups in total. The van der Waals surface area contributed by atoms with Crippen molar-refractivity contribution in [2.24, 2.45) is 5.92 Å². The van der Waals surface area contributed by atoms with Gasteiger partial charge in [0.05, 0.1) is 18.7 Å². The lowest BCUT2D eigenvalue weighted by Crippen LogP contribution is -2.53. The number of ether oxygens (including phenoxy) is 1. The third kappa shape index (κ3) is 4.15. The van der Waals surface area contributed by atoms with Crippen LogP contribution in [0.25, 0.3) is 21.8 Å². The van der Waals surface area contributed by atoms with Crippen molar-refractivity contribution in [2.75, 3.05) is 31.6 Å². The Kier molecular flexibility index (Phi) is 5.59. The number of aromatic nitrogens is 4. The van der Waals surface area contributed by atoms with Gasteiger partial charge in [0, 0.05) is 36.8 Å². The normalized spacial score (nSPS) is 17.0. The number of hydrogen-bond donors (Lipinski definition) is 2. The minimum Gasteiger partial charge on any atom is -0.507 e. The SMILES string of the molecule is COc1csc(-c2ccc(-c3cnc(N4CCN[C@@H](C(C)C)C4)nn3)c(O)c2)n1. The zero-order chi connectivity index (χ0) is 20.4. The standard InChI is InChI=1S/C20H24N6O2S/c1-12(2)16-10-26(7-6-21-16)20-22-9-15(24-25-20)14-5-4-13(8-17(14)27)19-23-18(28-3)11-29-19/h4-5,8-9,11-12,16,21,27H,6-7,10H2,1-3H3/t16-/m1/s1. The summed E-state index contributed by atoms with van der Waals surface area (Å²) in [5.74, 6) is 1.83. The predicted molar refractivity (Wildman–Crippen MR) is 113 cm³/mol. The summed E-state index contributed by atoms with van der Waals surface area (Å²) in [6, 6.07) is 5.79. The maximum absolute atomic E-state index is 10.5. The number of anilines is 1. The molecule has 2 aromatic heterocycles. The average Bonchev–Trinajstić information content (AvgIpc) is 3.23. The number of piperazine rings is 1. The van der Waals surface area contributed by atoms with Crippen molar-refractivity contribution in [3.63, 3.8) is 0 Å². The van der Waals surface area contributed by atoms with Crippen molar-refractivity contribution in [1.29, 1.82) is 0 Å². The molecule has 29 heavy (non-hydrogen) atoms. The van der Waals surface area contributed by atoms with Gasteiger partial charge in [0.1, 0.15) is 16.5 Å². The number of methoxy groups -OCH3 is 1. The molecule has 8 nitrogen and oxygen atoms in total. The van der Waals surface area contributed by atoms with E-state index in [0.717, 1.165) is 30.2 Å². The fourth-order valence-corrected chi connectivity index (χ4v) is 4.08. The van der Waals surface area contributed by atoms with Gasteiger partial charge in [-0.2, -0.15) is 0 Å². The first kappa shape index (κ1) is 19.5. The van der Waals surface area contributed by atoms with E-state index in [2.05, 4.69) is 44.2 Å². The molecule has 0 spiro atoms. The highest BCUT2D eigenvalue weighted by Crippen LogP contribution is 2.34. The van der Waals surface area contributed by atoms with Crippen LogP contribution in [0.3, 0.4) is 0 Å². The van der Waals surface area contributed by atoms with E-state index in [-0.39, 0.29) is 5.75 Å². The number of phenols is 1. The third-order valence-electron chi connectivity index (χ3n) is 5.06. The number of hydrogen-bond acceptors (Lipinski definition) is 9. The molecule has 0 bridgehead atoms. The van der Waals surface area contributed by atoms with Crippen molar-refractivity contribution >= 4 is 17.3 Å². The minimum atomic E-state index is 0.113. The smallest absolute Gasteiger partial charge is 0.245 e. The van der Waals surface area contributed by atoms with Gasteiger partial charge in [-0.3, -0.25) is 0 Å². The topological polar surface area (TPSA) is 96.3 Å². The lowest BCUT2D eigenvalue weighted by atomic mass is 10.0. The monoisotopic (exact) mass is 412 g/mol. The molecule has 0 aliphatic carbocycles. The molecule has 3 heterocycles. The number of nitrogens with one attached hydrogen (secondary N) is 1. The van der Waals surface area contributed by atoms with E-state index in [1.165, 1.54) is 11.3 Å². The predicted octanol–water partition coefficient (Wildman–Crippen LogP) is 2.81. The maximum Gasteiger partial charge on any atom is 0.245 e. The Bertz CT molecular complexity index is 975. The van der Waals surface area contributed by atoms with Crippen LogP contribution in [0.5, 0.6) is 11.6 Å². The second-order valence-electron chi connectivity index (χ2n) is 7.32. The number of thiazole rings is 1. The van der Waals surface area contributed by atoms with Gasteiger partial charge in [-0.25, -0.2) is 9.97 Å². The summed E-state index contributed by atoms with van der Waals surface area (Å²) in [4.78, 5) is 11.0. The molecule has 0 amide bonds. The molecule has 1 aliphatic rings. The van der Waals surface area contributed by atoms with Gasteiger partial charge in [0.15, 0.2) is 0 Å². The number of nitrogens with zero attached hydrogens (tertiary/aromatic N) is 5. The summed E-state index contributed by atoms with van der Waals surface area (Å²) in [5, 5.41) is 25.3. The molecule has 0 radical (unpaired) electrons. The molecule has 0 saturated carbocycles. The highest BCUT2D eigenvalue weighted by molar-refractivity contribution is 7.13. The second kappa shape index (κ2) is 8.30. The first-order valence-electron chi connectivity index (χ1n) is 9.56. The molecular formula is C20H24N6O2S. The van der Waals surface area contributed by atoms with Crippen LogP contribution in [0.2, 0.25) is 0 Å². The van der Waals surface area contributed by atoms with E-state index < -0.39 is 0 Å². The molecule has 1 fully saturated rings. The number of rotatable bonds is 5. The fourth-order valence-electron chi connectivity index (χ4n) is 3.31. The molecule has 3 aromatic rings. The van der Waals surface area contributed by atoms with E-state index in [9.17, 15) is 5.11 Å². The van der Waals surface area contributed by atoms with Crippen LogP contribution in [0.4, 0.5) is 5.95 Å². The van der Waals surface area contributed by atoms with E-state index in [1.54, 1.807) is 19.4 Å². The lowest BCUT2D eigenvalue weighted by Gasteiger charge is -2.35. The van der Waals surface area contributed by atoms with Crippen LogP contribution in [-0.4, -0.2) is 58.1 Å². The number of benzene rings is 1. The van der Waals surface area contributed by atoms with E-state index in [4.69, 9.17) is 4.74 Å². The van der Waals surface area contributed by atoms with Crippen molar-refractivity contribution in [3.05, 3.63) is 29.8 Å². The van der Waals surface area contributed by atoms with E-state index in [0.29, 0.717) is 35.0 Å². The van der Waals surface area contributed by atoms with Gasteiger partial charge in [-0.1, -0.05) is 19.9 Å². The molecule has 4 rings (SSSR count). The third-order valence-corrected chi connectivity index (χ3v) is 5.93. The van der Waals surface area contributed by atoms with Crippen molar-refractivity contribution < 1.29 is 9.84 Å².